The zero-order valence-corrected chi connectivity index (χ0v) is 11.6. The van der Waals surface area contributed by atoms with Crippen molar-refractivity contribution >= 4 is 17.3 Å². The van der Waals surface area contributed by atoms with Gasteiger partial charge >= 0.3 is 0 Å². The topological polar surface area (TPSA) is 75.6 Å². The molecule has 0 fully saturated rings. The maximum Gasteiger partial charge on any atom is 0.227 e. The molecule has 104 valence electrons. The van der Waals surface area contributed by atoms with E-state index < -0.39 is 0 Å². The second kappa shape index (κ2) is 5.59. The summed E-state index contributed by atoms with van der Waals surface area (Å²) < 4.78 is 0. The lowest BCUT2D eigenvalue weighted by Gasteiger charge is -2.28. The van der Waals surface area contributed by atoms with Gasteiger partial charge in [-0.05, 0) is 30.2 Å². The van der Waals surface area contributed by atoms with Gasteiger partial charge in [-0.25, -0.2) is 0 Å². The van der Waals surface area contributed by atoms with Gasteiger partial charge in [0.1, 0.15) is 0 Å². The Morgan fingerprint density at radius 3 is 2.84 bits per heavy atom. The van der Waals surface area contributed by atoms with Crippen molar-refractivity contribution in [2.75, 3.05) is 37.0 Å². The number of amides is 1. The van der Waals surface area contributed by atoms with Crippen molar-refractivity contribution in [3.63, 3.8) is 0 Å². The molecule has 1 unspecified atom stereocenters. The molecular weight excluding hydrogens is 240 g/mol. The number of nitrogens with zero attached hydrogens (tertiary/aromatic N) is 2. The molecule has 4 N–H and O–H groups in total. The van der Waals surface area contributed by atoms with Crippen molar-refractivity contribution in [3.05, 3.63) is 23.8 Å². The highest BCUT2D eigenvalue weighted by molar-refractivity contribution is 5.96. The highest BCUT2D eigenvalue weighted by atomic mass is 16.2. The Balaban J connectivity index is 2.19. The SMILES string of the molecule is CN(CC(N)CN)c1ccc2c(c1)CCC(=O)N2C. The number of aryl methyl sites for hydroxylation is 1. The molecule has 1 atom stereocenters. The summed E-state index contributed by atoms with van der Waals surface area (Å²) in [6.07, 6.45) is 1.39. The fourth-order valence-electron chi connectivity index (χ4n) is 2.41. The molecule has 0 radical (unpaired) electrons. The number of benzene rings is 1. The zero-order chi connectivity index (χ0) is 14.0. The van der Waals surface area contributed by atoms with Crippen molar-refractivity contribution in [1.29, 1.82) is 0 Å². The van der Waals surface area contributed by atoms with E-state index in [-0.39, 0.29) is 11.9 Å². The molecule has 0 saturated carbocycles. The highest BCUT2D eigenvalue weighted by Crippen LogP contribution is 2.30. The molecule has 0 saturated heterocycles. The minimum absolute atomic E-state index is 0.0229. The molecule has 1 amide bonds. The monoisotopic (exact) mass is 262 g/mol. The van der Waals surface area contributed by atoms with E-state index >= 15 is 0 Å². The maximum absolute atomic E-state index is 11.6. The van der Waals surface area contributed by atoms with E-state index in [0.717, 1.165) is 24.3 Å². The summed E-state index contributed by atoms with van der Waals surface area (Å²) in [7, 11) is 3.84. The smallest absolute Gasteiger partial charge is 0.227 e. The van der Waals surface area contributed by atoms with E-state index in [0.29, 0.717) is 13.0 Å². The number of hydrogen-bond donors (Lipinski definition) is 2. The van der Waals surface area contributed by atoms with Crippen LogP contribution in [0.2, 0.25) is 0 Å². The third kappa shape index (κ3) is 2.88. The van der Waals surface area contributed by atoms with E-state index in [1.807, 2.05) is 26.2 Å². The molecule has 0 aliphatic carbocycles. The summed E-state index contributed by atoms with van der Waals surface area (Å²) in [5.41, 5.74) is 14.8. The van der Waals surface area contributed by atoms with Crippen molar-refractivity contribution in [2.45, 2.75) is 18.9 Å². The third-order valence-electron chi connectivity index (χ3n) is 3.66. The zero-order valence-electron chi connectivity index (χ0n) is 11.6. The van der Waals surface area contributed by atoms with Crippen LogP contribution in [0, 0.1) is 0 Å². The van der Waals surface area contributed by atoms with Crippen LogP contribution in [0.4, 0.5) is 11.4 Å². The molecular formula is C14H22N4O. The molecule has 2 rings (SSSR count). The predicted octanol–water partition coefficient (Wildman–Crippen LogP) is 0.318. The van der Waals surface area contributed by atoms with E-state index in [1.54, 1.807) is 4.90 Å². The average molecular weight is 262 g/mol. The molecule has 0 spiro atoms. The van der Waals surface area contributed by atoms with Crippen LogP contribution in [0.15, 0.2) is 18.2 Å². The van der Waals surface area contributed by atoms with E-state index in [1.165, 1.54) is 5.56 Å². The number of fused-ring (bicyclic) bond motifs is 1. The molecule has 1 aliphatic rings. The summed E-state index contributed by atoms with van der Waals surface area (Å²) in [5.74, 6) is 0.179. The van der Waals surface area contributed by atoms with Crippen LogP contribution in [0.25, 0.3) is 0 Å². The first kappa shape index (κ1) is 13.8. The number of likely N-dealkylation sites (N-methyl/N-ethyl adjacent to an activating group) is 1. The Labute approximate surface area is 114 Å². The Morgan fingerprint density at radius 1 is 1.42 bits per heavy atom. The van der Waals surface area contributed by atoms with Crippen LogP contribution in [0.3, 0.4) is 0 Å². The van der Waals surface area contributed by atoms with E-state index in [2.05, 4.69) is 11.0 Å². The number of hydrogen-bond acceptors (Lipinski definition) is 4. The molecule has 5 heteroatoms. The van der Waals surface area contributed by atoms with Gasteiger partial charge in [-0.3, -0.25) is 4.79 Å². The summed E-state index contributed by atoms with van der Waals surface area (Å²) in [5, 5.41) is 0. The first-order valence-corrected chi connectivity index (χ1v) is 6.59. The Morgan fingerprint density at radius 2 is 2.16 bits per heavy atom. The fraction of sp³-hybridized carbons (Fsp3) is 0.500. The van der Waals surface area contributed by atoms with Gasteiger partial charge < -0.3 is 21.3 Å². The van der Waals surface area contributed by atoms with Crippen LogP contribution < -0.4 is 21.3 Å². The van der Waals surface area contributed by atoms with Gasteiger partial charge in [0.2, 0.25) is 5.91 Å². The summed E-state index contributed by atoms with van der Waals surface area (Å²) in [4.78, 5) is 15.5. The molecule has 1 heterocycles. The van der Waals surface area contributed by atoms with Gasteiger partial charge in [0.05, 0.1) is 0 Å². The normalized spacial score (nSPS) is 16.2. The molecule has 19 heavy (non-hydrogen) atoms. The largest absolute Gasteiger partial charge is 0.373 e. The number of carbonyl (C=O) groups excluding carboxylic acids is 1. The number of anilines is 2. The van der Waals surface area contributed by atoms with E-state index in [9.17, 15) is 4.79 Å². The lowest BCUT2D eigenvalue weighted by atomic mass is 10.0. The molecule has 1 aromatic carbocycles. The third-order valence-corrected chi connectivity index (χ3v) is 3.66. The quantitative estimate of drug-likeness (QED) is 0.819. The number of rotatable bonds is 4. The molecule has 1 aliphatic heterocycles. The maximum atomic E-state index is 11.6. The van der Waals surface area contributed by atoms with Crippen molar-refractivity contribution in [2.24, 2.45) is 11.5 Å². The van der Waals surface area contributed by atoms with Gasteiger partial charge in [-0.15, -0.1) is 0 Å². The highest BCUT2D eigenvalue weighted by Gasteiger charge is 2.21. The summed E-state index contributed by atoms with van der Waals surface area (Å²) in [6, 6.07) is 6.15. The lowest BCUT2D eigenvalue weighted by Crippen LogP contribution is -2.40. The standard InChI is InChI=1S/C14H22N4O/c1-17(9-11(16)8-15)12-4-5-13-10(7-12)3-6-14(19)18(13)2/h4-5,7,11H,3,6,8-9,15-16H2,1-2H3. The molecule has 1 aromatic rings. The Hall–Kier alpha value is -1.59. The van der Waals surface area contributed by atoms with Gasteiger partial charge in [0, 0.05) is 51.0 Å². The van der Waals surface area contributed by atoms with Crippen LogP contribution in [0.5, 0.6) is 0 Å². The lowest BCUT2D eigenvalue weighted by molar-refractivity contribution is -0.118. The van der Waals surface area contributed by atoms with E-state index in [4.69, 9.17) is 11.5 Å². The molecule has 5 nitrogen and oxygen atoms in total. The summed E-state index contributed by atoms with van der Waals surface area (Å²) in [6.45, 7) is 1.20. The first-order valence-electron chi connectivity index (χ1n) is 6.59. The minimum atomic E-state index is -0.0229. The Bertz CT molecular complexity index is 475. The minimum Gasteiger partial charge on any atom is -0.373 e. The van der Waals surface area contributed by atoms with Crippen LogP contribution in [0.1, 0.15) is 12.0 Å². The van der Waals surface area contributed by atoms with Gasteiger partial charge in [0.25, 0.3) is 0 Å². The van der Waals surface area contributed by atoms with Crippen LogP contribution in [-0.2, 0) is 11.2 Å². The first-order chi connectivity index (χ1) is 9.02. The van der Waals surface area contributed by atoms with Crippen molar-refractivity contribution in [1.82, 2.24) is 0 Å². The second-order valence-corrected chi connectivity index (χ2v) is 5.14. The number of nitrogens with two attached hydrogens (primary N) is 2. The van der Waals surface area contributed by atoms with Gasteiger partial charge in [-0.1, -0.05) is 0 Å². The number of carbonyl (C=O) groups is 1. The second-order valence-electron chi connectivity index (χ2n) is 5.14. The predicted molar refractivity (Wildman–Crippen MR) is 78.5 cm³/mol. The van der Waals surface area contributed by atoms with Gasteiger partial charge in [0.15, 0.2) is 0 Å². The van der Waals surface area contributed by atoms with Crippen LogP contribution >= 0.6 is 0 Å². The van der Waals surface area contributed by atoms with Crippen molar-refractivity contribution in [3.8, 4) is 0 Å². The van der Waals surface area contributed by atoms with Crippen molar-refractivity contribution < 1.29 is 4.79 Å². The fourth-order valence-corrected chi connectivity index (χ4v) is 2.41. The molecule has 0 aromatic heterocycles. The van der Waals surface area contributed by atoms with Gasteiger partial charge in [-0.2, -0.15) is 0 Å². The average Bonchev–Trinajstić information content (AvgIpc) is 2.42. The molecule has 0 bridgehead atoms. The Kier molecular flexibility index (Phi) is 4.07. The van der Waals surface area contributed by atoms with Crippen LogP contribution in [-0.4, -0.2) is 39.1 Å². The summed E-state index contributed by atoms with van der Waals surface area (Å²) >= 11 is 0.